The lowest BCUT2D eigenvalue weighted by atomic mass is 9.98. The van der Waals surface area contributed by atoms with Crippen molar-refractivity contribution in [2.75, 3.05) is 5.33 Å². The minimum Gasteiger partial charge on any atom is -0.261 e. The van der Waals surface area contributed by atoms with Gasteiger partial charge < -0.3 is 0 Å². The van der Waals surface area contributed by atoms with E-state index in [0.717, 1.165) is 11.0 Å². The standard InChI is InChI=1S/C12H11BrN2/c13-8-11(10-4-2-1-3-5-10)12-9-14-6-7-15-12/h1-7,9,11H,8H2. The first-order valence-corrected chi connectivity index (χ1v) is 5.91. The normalized spacial score (nSPS) is 12.3. The lowest BCUT2D eigenvalue weighted by Gasteiger charge is -2.12. The number of benzene rings is 1. The van der Waals surface area contributed by atoms with Crippen LogP contribution in [0.25, 0.3) is 0 Å². The van der Waals surface area contributed by atoms with E-state index in [9.17, 15) is 0 Å². The third-order valence-corrected chi connectivity index (χ3v) is 2.94. The minimum atomic E-state index is 0.278. The van der Waals surface area contributed by atoms with Crippen LogP contribution in [0.2, 0.25) is 0 Å². The van der Waals surface area contributed by atoms with Gasteiger partial charge in [0.05, 0.1) is 5.69 Å². The molecule has 0 aliphatic carbocycles. The fourth-order valence-corrected chi connectivity index (χ4v) is 2.22. The van der Waals surface area contributed by atoms with Crippen LogP contribution in [0.5, 0.6) is 0 Å². The van der Waals surface area contributed by atoms with Crippen molar-refractivity contribution in [3.8, 4) is 0 Å². The third-order valence-electron chi connectivity index (χ3n) is 2.30. The summed E-state index contributed by atoms with van der Waals surface area (Å²) >= 11 is 3.52. The maximum atomic E-state index is 4.33. The first-order valence-electron chi connectivity index (χ1n) is 4.78. The van der Waals surface area contributed by atoms with Gasteiger partial charge in [0.1, 0.15) is 0 Å². The average molecular weight is 263 g/mol. The van der Waals surface area contributed by atoms with Gasteiger partial charge in [-0.05, 0) is 5.56 Å². The van der Waals surface area contributed by atoms with Crippen molar-refractivity contribution in [2.45, 2.75) is 5.92 Å². The van der Waals surface area contributed by atoms with Crippen LogP contribution in [0.1, 0.15) is 17.2 Å². The van der Waals surface area contributed by atoms with E-state index in [-0.39, 0.29) is 5.92 Å². The summed E-state index contributed by atoms with van der Waals surface area (Å²) in [6.07, 6.45) is 5.24. The second-order valence-corrected chi connectivity index (χ2v) is 3.90. The van der Waals surface area contributed by atoms with Crippen molar-refractivity contribution in [1.82, 2.24) is 9.97 Å². The molecule has 0 N–H and O–H groups in total. The molecule has 0 amide bonds. The highest BCUT2D eigenvalue weighted by atomic mass is 79.9. The smallest absolute Gasteiger partial charge is 0.0669 e. The summed E-state index contributed by atoms with van der Waals surface area (Å²) in [4.78, 5) is 8.43. The SMILES string of the molecule is BrCC(c1ccccc1)c1cnccn1. The van der Waals surface area contributed by atoms with Crippen LogP contribution in [0.15, 0.2) is 48.9 Å². The molecule has 0 aliphatic heterocycles. The molecular weight excluding hydrogens is 252 g/mol. The van der Waals surface area contributed by atoms with Gasteiger partial charge in [-0.1, -0.05) is 46.3 Å². The molecule has 2 nitrogen and oxygen atoms in total. The van der Waals surface area contributed by atoms with Crippen LogP contribution in [0.3, 0.4) is 0 Å². The zero-order chi connectivity index (χ0) is 10.5. The Kier molecular flexibility index (Phi) is 3.45. The Bertz CT molecular complexity index is 363. The molecule has 0 aliphatic rings. The quantitative estimate of drug-likeness (QED) is 0.795. The Labute approximate surface area is 97.5 Å². The maximum Gasteiger partial charge on any atom is 0.0669 e. The molecule has 3 heteroatoms. The van der Waals surface area contributed by atoms with Crippen molar-refractivity contribution in [1.29, 1.82) is 0 Å². The lowest BCUT2D eigenvalue weighted by molar-refractivity contribution is 0.874. The largest absolute Gasteiger partial charge is 0.261 e. The van der Waals surface area contributed by atoms with Gasteiger partial charge >= 0.3 is 0 Å². The molecule has 76 valence electrons. The number of halogens is 1. The number of aromatic nitrogens is 2. The summed E-state index contributed by atoms with van der Waals surface area (Å²) in [5.41, 5.74) is 2.26. The molecule has 1 heterocycles. The molecule has 2 rings (SSSR count). The van der Waals surface area contributed by atoms with Gasteiger partial charge in [-0.25, -0.2) is 0 Å². The average Bonchev–Trinajstić information content (AvgIpc) is 2.33. The van der Waals surface area contributed by atoms with Gasteiger partial charge in [-0.2, -0.15) is 0 Å². The number of nitrogens with zero attached hydrogens (tertiary/aromatic N) is 2. The molecule has 0 spiro atoms. The molecular formula is C12H11BrN2. The summed E-state index contributed by atoms with van der Waals surface area (Å²) in [5.74, 6) is 0.278. The monoisotopic (exact) mass is 262 g/mol. The summed E-state index contributed by atoms with van der Waals surface area (Å²) in [6, 6.07) is 10.3. The Morgan fingerprint density at radius 2 is 1.93 bits per heavy atom. The Morgan fingerprint density at radius 1 is 1.13 bits per heavy atom. The molecule has 0 saturated carbocycles. The number of alkyl halides is 1. The Hall–Kier alpha value is -1.22. The topological polar surface area (TPSA) is 25.8 Å². The van der Waals surface area contributed by atoms with Gasteiger partial charge in [-0.3, -0.25) is 9.97 Å². The highest BCUT2D eigenvalue weighted by Crippen LogP contribution is 2.23. The van der Waals surface area contributed by atoms with Crippen molar-refractivity contribution < 1.29 is 0 Å². The van der Waals surface area contributed by atoms with Gasteiger partial charge in [0.15, 0.2) is 0 Å². The predicted octanol–water partition coefficient (Wildman–Crippen LogP) is 3.00. The molecule has 0 fully saturated rings. The zero-order valence-corrected chi connectivity index (χ0v) is 9.76. The van der Waals surface area contributed by atoms with E-state index in [2.05, 4.69) is 38.0 Å². The van der Waals surface area contributed by atoms with Crippen molar-refractivity contribution in [2.24, 2.45) is 0 Å². The molecule has 0 saturated heterocycles. The van der Waals surface area contributed by atoms with Crippen molar-refractivity contribution in [3.63, 3.8) is 0 Å². The first-order chi connectivity index (χ1) is 7.42. The summed E-state index contributed by atoms with van der Waals surface area (Å²) in [5, 5.41) is 0.857. The van der Waals surface area contributed by atoms with Crippen LogP contribution in [0, 0.1) is 0 Å². The van der Waals surface area contributed by atoms with Crippen LogP contribution in [0.4, 0.5) is 0 Å². The van der Waals surface area contributed by atoms with Gasteiger partial charge in [0.2, 0.25) is 0 Å². The van der Waals surface area contributed by atoms with E-state index in [1.54, 1.807) is 12.4 Å². The van der Waals surface area contributed by atoms with Crippen LogP contribution in [-0.4, -0.2) is 15.3 Å². The second-order valence-electron chi connectivity index (χ2n) is 3.25. The molecule has 0 radical (unpaired) electrons. The molecule has 1 unspecified atom stereocenters. The molecule has 1 aromatic carbocycles. The third kappa shape index (κ3) is 2.42. The summed E-state index contributed by atoms with van der Waals surface area (Å²) in [6.45, 7) is 0. The van der Waals surface area contributed by atoms with Crippen LogP contribution >= 0.6 is 15.9 Å². The Morgan fingerprint density at radius 3 is 2.53 bits per heavy atom. The molecule has 2 aromatic rings. The number of hydrogen-bond acceptors (Lipinski definition) is 2. The highest BCUT2D eigenvalue weighted by Gasteiger charge is 2.13. The van der Waals surface area contributed by atoms with Crippen molar-refractivity contribution >= 4 is 15.9 Å². The van der Waals surface area contributed by atoms with Crippen LogP contribution in [-0.2, 0) is 0 Å². The first kappa shape index (κ1) is 10.3. The minimum absolute atomic E-state index is 0.278. The zero-order valence-electron chi connectivity index (χ0n) is 8.18. The lowest BCUT2D eigenvalue weighted by Crippen LogP contribution is -2.04. The molecule has 0 bridgehead atoms. The molecule has 1 atom stereocenters. The molecule has 1 aromatic heterocycles. The summed E-state index contributed by atoms with van der Waals surface area (Å²) in [7, 11) is 0. The van der Waals surface area contributed by atoms with Gasteiger partial charge in [0.25, 0.3) is 0 Å². The van der Waals surface area contributed by atoms with E-state index in [1.807, 2.05) is 24.4 Å². The summed E-state index contributed by atoms with van der Waals surface area (Å²) < 4.78 is 0. The van der Waals surface area contributed by atoms with E-state index in [4.69, 9.17) is 0 Å². The maximum absolute atomic E-state index is 4.33. The van der Waals surface area contributed by atoms with E-state index < -0.39 is 0 Å². The van der Waals surface area contributed by atoms with Gasteiger partial charge in [0, 0.05) is 29.8 Å². The fraction of sp³-hybridized carbons (Fsp3) is 0.167. The van der Waals surface area contributed by atoms with Crippen molar-refractivity contribution in [3.05, 3.63) is 60.2 Å². The van der Waals surface area contributed by atoms with Gasteiger partial charge in [-0.15, -0.1) is 0 Å². The van der Waals surface area contributed by atoms with Crippen LogP contribution < -0.4 is 0 Å². The Balaban J connectivity index is 2.34. The fourth-order valence-electron chi connectivity index (χ4n) is 1.51. The highest BCUT2D eigenvalue weighted by molar-refractivity contribution is 9.09. The second kappa shape index (κ2) is 5.03. The number of rotatable bonds is 3. The number of hydrogen-bond donors (Lipinski definition) is 0. The van der Waals surface area contributed by atoms with E-state index in [1.165, 1.54) is 5.56 Å². The van der Waals surface area contributed by atoms with E-state index >= 15 is 0 Å². The molecule has 15 heavy (non-hydrogen) atoms. The van der Waals surface area contributed by atoms with E-state index in [0.29, 0.717) is 0 Å². The predicted molar refractivity (Wildman–Crippen MR) is 64.1 cm³/mol.